The van der Waals surface area contributed by atoms with Crippen molar-refractivity contribution in [3.05, 3.63) is 24.3 Å². The van der Waals surface area contributed by atoms with Crippen molar-refractivity contribution in [2.75, 3.05) is 5.73 Å². The van der Waals surface area contributed by atoms with E-state index in [0.717, 1.165) is 5.56 Å². The molecule has 0 fully saturated rings. The van der Waals surface area contributed by atoms with Gasteiger partial charge in [0.25, 0.3) is 0 Å². The first-order valence-electron chi connectivity index (χ1n) is 4.25. The Morgan fingerprint density at radius 3 is 2.64 bits per heavy atom. The molecule has 0 saturated heterocycles. The number of hydrogen-bond donors (Lipinski definition) is 1. The Balaban J connectivity index is 2.51. The van der Waals surface area contributed by atoms with E-state index in [1.807, 2.05) is 30.1 Å². The lowest BCUT2D eigenvalue weighted by molar-refractivity contribution is 0.926. The number of nitrogens with zero attached hydrogens (tertiary/aromatic N) is 4. The maximum absolute atomic E-state index is 5.53. The van der Waals surface area contributed by atoms with Crippen molar-refractivity contribution in [1.82, 2.24) is 19.5 Å². The van der Waals surface area contributed by atoms with E-state index in [2.05, 4.69) is 15.0 Å². The molecule has 5 nitrogen and oxygen atoms in total. The van der Waals surface area contributed by atoms with Gasteiger partial charge in [0.2, 0.25) is 5.95 Å². The minimum Gasteiger partial charge on any atom is -0.368 e. The van der Waals surface area contributed by atoms with E-state index in [0.29, 0.717) is 11.6 Å². The van der Waals surface area contributed by atoms with Gasteiger partial charge in [-0.25, -0.2) is 4.98 Å². The number of aryl methyl sites for hydroxylation is 2. The number of aromatic nitrogens is 4. The summed E-state index contributed by atoms with van der Waals surface area (Å²) in [5.41, 5.74) is 6.48. The number of nitrogen functional groups attached to an aromatic ring is 1. The SMILES string of the molecule is Cc1nc(N)nc(-c2ccn(C)c2)n1. The van der Waals surface area contributed by atoms with Crippen LogP contribution in [0.2, 0.25) is 0 Å². The van der Waals surface area contributed by atoms with Crippen molar-refractivity contribution in [3.63, 3.8) is 0 Å². The molecule has 0 bridgehead atoms. The number of hydrogen-bond acceptors (Lipinski definition) is 4. The maximum atomic E-state index is 5.53. The second-order valence-corrected chi connectivity index (χ2v) is 3.13. The van der Waals surface area contributed by atoms with E-state index in [1.54, 1.807) is 6.92 Å². The molecule has 72 valence electrons. The van der Waals surface area contributed by atoms with Crippen LogP contribution in [0.25, 0.3) is 11.4 Å². The molecule has 0 spiro atoms. The fourth-order valence-corrected chi connectivity index (χ4v) is 1.27. The van der Waals surface area contributed by atoms with Crippen LogP contribution in [0.3, 0.4) is 0 Å². The largest absolute Gasteiger partial charge is 0.368 e. The van der Waals surface area contributed by atoms with E-state index >= 15 is 0 Å². The molecular weight excluding hydrogens is 178 g/mol. The van der Waals surface area contributed by atoms with Crippen LogP contribution in [0.5, 0.6) is 0 Å². The molecule has 2 rings (SSSR count). The summed E-state index contributed by atoms with van der Waals surface area (Å²) in [7, 11) is 1.95. The molecule has 2 N–H and O–H groups in total. The summed E-state index contributed by atoms with van der Waals surface area (Å²) in [6.45, 7) is 1.80. The average Bonchev–Trinajstić information content (AvgIpc) is 2.50. The van der Waals surface area contributed by atoms with Gasteiger partial charge in [0.05, 0.1) is 0 Å². The average molecular weight is 189 g/mol. The summed E-state index contributed by atoms with van der Waals surface area (Å²) in [5.74, 6) is 1.52. The highest BCUT2D eigenvalue weighted by Gasteiger charge is 2.04. The molecule has 0 aromatic carbocycles. The van der Waals surface area contributed by atoms with Gasteiger partial charge in [-0.1, -0.05) is 0 Å². The van der Waals surface area contributed by atoms with Crippen molar-refractivity contribution in [3.8, 4) is 11.4 Å². The van der Waals surface area contributed by atoms with E-state index < -0.39 is 0 Å². The smallest absolute Gasteiger partial charge is 0.223 e. The Hall–Kier alpha value is -1.91. The molecule has 2 aromatic rings. The zero-order valence-electron chi connectivity index (χ0n) is 8.10. The van der Waals surface area contributed by atoms with Crippen LogP contribution in [0.4, 0.5) is 5.95 Å². The van der Waals surface area contributed by atoms with Gasteiger partial charge in [0, 0.05) is 25.0 Å². The van der Waals surface area contributed by atoms with Crippen LogP contribution in [-0.4, -0.2) is 19.5 Å². The van der Waals surface area contributed by atoms with E-state index in [-0.39, 0.29) is 5.95 Å². The molecule has 0 unspecified atom stereocenters. The fourth-order valence-electron chi connectivity index (χ4n) is 1.27. The molecule has 0 saturated carbocycles. The third-order valence-electron chi connectivity index (χ3n) is 1.85. The molecule has 14 heavy (non-hydrogen) atoms. The Morgan fingerprint density at radius 2 is 2.07 bits per heavy atom. The normalized spacial score (nSPS) is 10.4. The molecule has 2 heterocycles. The Kier molecular flexibility index (Phi) is 1.92. The second kappa shape index (κ2) is 3.10. The molecule has 0 radical (unpaired) electrons. The van der Waals surface area contributed by atoms with Gasteiger partial charge in [-0.05, 0) is 13.0 Å². The highest BCUT2D eigenvalue weighted by Crippen LogP contribution is 2.14. The number of anilines is 1. The van der Waals surface area contributed by atoms with Gasteiger partial charge in [-0.2, -0.15) is 9.97 Å². The number of nitrogens with two attached hydrogens (primary N) is 1. The van der Waals surface area contributed by atoms with Gasteiger partial charge < -0.3 is 10.3 Å². The Bertz CT molecular complexity index is 440. The monoisotopic (exact) mass is 189 g/mol. The Labute approximate surface area is 81.6 Å². The van der Waals surface area contributed by atoms with Crippen LogP contribution in [0.1, 0.15) is 5.82 Å². The van der Waals surface area contributed by atoms with E-state index in [9.17, 15) is 0 Å². The lowest BCUT2D eigenvalue weighted by atomic mass is 10.3. The maximum Gasteiger partial charge on any atom is 0.223 e. The molecule has 0 amide bonds. The number of rotatable bonds is 1. The van der Waals surface area contributed by atoms with Crippen LogP contribution < -0.4 is 5.73 Å². The van der Waals surface area contributed by atoms with E-state index in [1.165, 1.54) is 0 Å². The van der Waals surface area contributed by atoms with Crippen molar-refractivity contribution in [1.29, 1.82) is 0 Å². The predicted octanol–water partition coefficient (Wildman–Crippen LogP) is 0.768. The van der Waals surface area contributed by atoms with Gasteiger partial charge in [-0.3, -0.25) is 0 Å². The van der Waals surface area contributed by atoms with Crippen molar-refractivity contribution in [2.24, 2.45) is 7.05 Å². The quantitative estimate of drug-likeness (QED) is 0.719. The van der Waals surface area contributed by atoms with Gasteiger partial charge in [0.15, 0.2) is 5.82 Å². The summed E-state index contributed by atoms with van der Waals surface area (Å²) in [5, 5.41) is 0. The minimum atomic E-state index is 0.261. The highest BCUT2D eigenvalue weighted by atomic mass is 15.1. The van der Waals surface area contributed by atoms with Gasteiger partial charge in [0.1, 0.15) is 5.82 Å². The predicted molar refractivity (Wildman–Crippen MR) is 53.4 cm³/mol. The first-order chi connectivity index (χ1) is 6.65. The molecule has 0 aliphatic carbocycles. The van der Waals surface area contributed by atoms with Crippen molar-refractivity contribution >= 4 is 5.95 Å². The van der Waals surface area contributed by atoms with E-state index in [4.69, 9.17) is 5.73 Å². The first kappa shape index (κ1) is 8.68. The standard InChI is InChI=1S/C9H11N5/c1-6-11-8(13-9(10)12-6)7-3-4-14(2)5-7/h3-5H,1-2H3,(H2,10,11,12,13). The van der Waals surface area contributed by atoms with Crippen LogP contribution >= 0.6 is 0 Å². The summed E-state index contributed by atoms with van der Waals surface area (Å²) < 4.78 is 1.94. The molecular formula is C9H11N5. The molecule has 2 aromatic heterocycles. The lowest BCUT2D eigenvalue weighted by Crippen LogP contribution is -2.01. The Morgan fingerprint density at radius 1 is 1.29 bits per heavy atom. The summed E-state index contributed by atoms with van der Waals surface area (Å²) >= 11 is 0. The zero-order valence-corrected chi connectivity index (χ0v) is 8.10. The molecule has 0 atom stereocenters. The third-order valence-corrected chi connectivity index (χ3v) is 1.85. The topological polar surface area (TPSA) is 69.6 Å². The minimum absolute atomic E-state index is 0.261. The van der Waals surface area contributed by atoms with Crippen LogP contribution in [0.15, 0.2) is 18.5 Å². The lowest BCUT2D eigenvalue weighted by Gasteiger charge is -1.99. The van der Waals surface area contributed by atoms with Crippen molar-refractivity contribution < 1.29 is 0 Å². The summed E-state index contributed by atoms with van der Waals surface area (Å²) in [4.78, 5) is 12.2. The molecule has 0 aliphatic heterocycles. The van der Waals surface area contributed by atoms with Crippen LogP contribution in [0, 0.1) is 6.92 Å². The fraction of sp³-hybridized carbons (Fsp3) is 0.222. The highest BCUT2D eigenvalue weighted by molar-refractivity contribution is 5.54. The van der Waals surface area contributed by atoms with Crippen molar-refractivity contribution in [2.45, 2.75) is 6.92 Å². The summed E-state index contributed by atoms with van der Waals surface area (Å²) in [6, 6.07) is 1.94. The molecule has 5 heteroatoms. The third kappa shape index (κ3) is 1.56. The molecule has 0 aliphatic rings. The van der Waals surface area contributed by atoms with Gasteiger partial charge in [-0.15, -0.1) is 0 Å². The van der Waals surface area contributed by atoms with Gasteiger partial charge >= 0.3 is 0 Å². The summed E-state index contributed by atoms with van der Waals surface area (Å²) in [6.07, 6.45) is 3.87. The zero-order chi connectivity index (χ0) is 10.1. The van der Waals surface area contributed by atoms with Crippen LogP contribution in [-0.2, 0) is 7.05 Å². The second-order valence-electron chi connectivity index (χ2n) is 3.13. The first-order valence-corrected chi connectivity index (χ1v) is 4.25.